The Morgan fingerprint density at radius 2 is 1.93 bits per heavy atom. The Morgan fingerprint density at radius 3 is 2.66 bits per heavy atom. The van der Waals surface area contributed by atoms with Gasteiger partial charge in [0.25, 0.3) is 0 Å². The number of hydrogen-bond acceptors (Lipinski definition) is 4. The van der Waals surface area contributed by atoms with Crippen LogP contribution in [0.25, 0.3) is 11.1 Å². The average molecular weight is 423 g/mol. The predicted molar refractivity (Wildman–Crippen MR) is 122 cm³/mol. The minimum atomic E-state index is -0.930. The van der Waals surface area contributed by atoms with Gasteiger partial charge in [-0.2, -0.15) is 0 Å². The molecule has 6 heteroatoms. The fourth-order valence-electron chi connectivity index (χ4n) is 3.48. The van der Waals surface area contributed by atoms with Gasteiger partial charge in [-0.1, -0.05) is 56.4 Å². The summed E-state index contributed by atoms with van der Waals surface area (Å²) in [5, 5.41) is 9.36. The minimum Gasteiger partial charge on any atom is -0.496 e. The van der Waals surface area contributed by atoms with E-state index in [1.807, 2.05) is 23.5 Å². The molecule has 2 unspecified atom stereocenters. The molecule has 0 amide bonds. The SMILES string of the molecule is COc1cc2c(cc1-c1cccc(C(=O)O)c1)SPC(C)CN2c1ccccc1. The van der Waals surface area contributed by atoms with E-state index in [9.17, 15) is 9.90 Å². The van der Waals surface area contributed by atoms with Crippen molar-refractivity contribution in [2.45, 2.75) is 17.5 Å². The van der Waals surface area contributed by atoms with Crippen LogP contribution in [-0.2, 0) is 0 Å². The van der Waals surface area contributed by atoms with Crippen LogP contribution >= 0.6 is 19.2 Å². The van der Waals surface area contributed by atoms with Gasteiger partial charge in [0.15, 0.2) is 0 Å². The second-order valence-electron chi connectivity index (χ2n) is 6.97. The van der Waals surface area contributed by atoms with Crippen LogP contribution < -0.4 is 9.64 Å². The molecule has 4 nitrogen and oxygen atoms in total. The van der Waals surface area contributed by atoms with E-state index in [0.717, 1.165) is 42.6 Å². The van der Waals surface area contributed by atoms with Crippen LogP contribution in [0, 0.1) is 0 Å². The zero-order valence-corrected chi connectivity index (χ0v) is 18.1. The molecule has 1 N–H and O–H groups in total. The van der Waals surface area contributed by atoms with E-state index in [2.05, 4.69) is 48.2 Å². The van der Waals surface area contributed by atoms with Crippen molar-refractivity contribution in [2.75, 3.05) is 18.6 Å². The number of aromatic carboxylic acids is 1. The fraction of sp³-hybridized carbons (Fsp3) is 0.174. The Labute approximate surface area is 176 Å². The van der Waals surface area contributed by atoms with Gasteiger partial charge in [-0.3, -0.25) is 0 Å². The molecule has 0 saturated heterocycles. The van der Waals surface area contributed by atoms with E-state index in [-0.39, 0.29) is 5.56 Å². The van der Waals surface area contributed by atoms with Gasteiger partial charge < -0.3 is 14.7 Å². The summed E-state index contributed by atoms with van der Waals surface area (Å²) in [6.07, 6.45) is 0. The largest absolute Gasteiger partial charge is 0.496 e. The van der Waals surface area contributed by atoms with E-state index in [1.54, 1.807) is 25.3 Å². The first-order valence-corrected chi connectivity index (χ1v) is 12.0. The van der Waals surface area contributed by atoms with Crippen LogP contribution in [0.5, 0.6) is 5.75 Å². The van der Waals surface area contributed by atoms with Gasteiger partial charge in [-0.25, -0.2) is 4.79 Å². The van der Waals surface area contributed by atoms with Crippen LogP contribution in [0.4, 0.5) is 11.4 Å². The number of benzene rings is 3. The number of carboxylic acids is 1. The number of nitrogens with zero attached hydrogens (tertiary/aromatic N) is 1. The molecular formula is C23H22NO3PS. The van der Waals surface area contributed by atoms with Crippen LogP contribution in [0.1, 0.15) is 17.3 Å². The van der Waals surface area contributed by atoms with Gasteiger partial charge in [0.2, 0.25) is 0 Å². The van der Waals surface area contributed by atoms with Crippen molar-refractivity contribution >= 4 is 36.5 Å². The molecule has 3 aromatic rings. The molecule has 148 valence electrons. The quantitative estimate of drug-likeness (QED) is 0.500. The molecular weight excluding hydrogens is 401 g/mol. The lowest BCUT2D eigenvalue weighted by Crippen LogP contribution is -2.23. The number of methoxy groups -OCH3 is 1. The number of rotatable bonds is 4. The van der Waals surface area contributed by atoms with Crippen LogP contribution in [0.3, 0.4) is 0 Å². The Balaban J connectivity index is 1.86. The Kier molecular flexibility index (Phi) is 5.79. The first kappa shape index (κ1) is 19.8. The Bertz CT molecular complexity index is 1040. The molecule has 0 aromatic heterocycles. The number of carbonyl (C=O) groups is 1. The van der Waals surface area contributed by atoms with Crippen molar-refractivity contribution in [3.8, 4) is 16.9 Å². The van der Waals surface area contributed by atoms with Gasteiger partial charge in [-0.05, 0) is 35.9 Å². The molecule has 1 aliphatic heterocycles. The molecule has 2 atom stereocenters. The van der Waals surface area contributed by atoms with Gasteiger partial charge in [0.05, 0.1) is 18.4 Å². The topological polar surface area (TPSA) is 49.8 Å². The zero-order valence-electron chi connectivity index (χ0n) is 16.3. The van der Waals surface area contributed by atoms with Crippen molar-refractivity contribution in [1.82, 2.24) is 0 Å². The Morgan fingerprint density at radius 1 is 1.14 bits per heavy atom. The highest BCUT2D eigenvalue weighted by molar-refractivity contribution is 8.49. The average Bonchev–Trinajstić information content (AvgIpc) is 2.92. The number of fused-ring (bicyclic) bond motifs is 1. The third-order valence-electron chi connectivity index (χ3n) is 4.89. The number of para-hydroxylation sites is 1. The maximum atomic E-state index is 11.4. The predicted octanol–water partition coefficient (Wildman–Crippen LogP) is 6.29. The van der Waals surface area contributed by atoms with Gasteiger partial charge in [0, 0.05) is 34.4 Å². The molecule has 0 spiro atoms. The first-order valence-electron chi connectivity index (χ1n) is 9.37. The molecule has 1 heterocycles. The van der Waals surface area contributed by atoms with Crippen molar-refractivity contribution in [1.29, 1.82) is 0 Å². The zero-order chi connectivity index (χ0) is 20.4. The van der Waals surface area contributed by atoms with Crippen molar-refractivity contribution in [2.24, 2.45) is 0 Å². The number of carboxylic acid groups (broad SMARTS) is 1. The van der Waals surface area contributed by atoms with Crippen LogP contribution in [0.2, 0.25) is 0 Å². The summed E-state index contributed by atoms with van der Waals surface area (Å²) < 4.78 is 5.74. The van der Waals surface area contributed by atoms with E-state index in [0.29, 0.717) is 5.66 Å². The van der Waals surface area contributed by atoms with Crippen molar-refractivity contribution in [3.05, 3.63) is 72.3 Å². The molecule has 0 fully saturated rings. The lowest BCUT2D eigenvalue weighted by atomic mass is 10.0. The summed E-state index contributed by atoms with van der Waals surface area (Å²) in [6, 6.07) is 21.6. The normalized spacial score (nSPS) is 16.9. The van der Waals surface area contributed by atoms with Crippen molar-refractivity contribution < 1.29 is 14.6 Å². The van der Waals surface area contributed by atoms with E-state index >= 15 is 0 Å². The minimum absolute atomic E-state index is 0.272. The van der Waals surface area contributed by atoms with Crippen molar-refractivity contribution in [3.63, 3.8) is 0 Å². The summed E-state index contributed by atoms with van der Waals surface area (Å²) in [4.78, 5) is 15.0. The Hall–Kier alpha value is -2.49. The monoisotopic (exact) mass is 423 g/mol. The highest BCUT2D eigenvalue weighted by atomic mass is 32.7. The fourth-order valence-corrected chi connectivity index (χ4v) is 6.22. The summed E-state index contributed by atoms with van der Waals surface area (Å²) >= 11 is 1.87. The summed E-state index contributed by atoms with van der Waals surface area (Å²) in [6.45, 7) is 3.22. The maximum absolute atomic E-state index is 11.4. The molecule has 1 aliphatic rings. The second kappa shape index (κ2) is 8.48. The summed E-state index contributed by atoms with van der Waals surface area (Å²) in [5.74, 6) is -0.189. The highest BCUT2D eigenvalue weighted by Gasteiger charge is 2.24. The van der Waals surface area contributed by atoms with Crippen LogP contribution in [-0.4, -0.2) is 30.4 Å². The van der Waals surface area contributed by atoms with E-state index in [4.69, 9.17) is 4.74 Å². The molecule has 0 aliphatic carbocycles. The molecule has 3 aromatic carbocycles. The van der Waals surface area contributed by atoms with Gasteiger partial charge in [0.1, 0.15) is 5.75 Å². The third-order valence-corrected chi connectivity index (χ3v) is 8.36. The molecule has 0 bridgehead atoms. The van der Waals surface area contributed by atoms with Crippen LogP contribution in [0.15, 0.2) is 71.6 Å². The van der Waals surface area contributed by atoms with E-state index in [1.165, 1.54) is 4.90 Å². The van der Waals surface area contributed by atoms with Gasteiger partial charge in [-0.15, -0.1) is 0 Å². The maximum Gasteiger partial charge on any atom is 0.335 e. The highest BCUT2D eigenvalue weighted by Crippen LogP contribution is 2.52. The molecule has 0 radical (unpaired) electrons. The number of anilines is 2. The lowest BCUT2D eigenvalue weighted by molar-refractivity contribution is 0.0697. The summed E-state index contributed by atoms with van der Waals surface area (Å²) in [7, 11) is 2.41. The smallest absolute Gasteiger partial charge is 0.335 e. The first-order chi connectivity index (χ1) is 14.1. The molecule has 4 rings (SSSR count). The van der Waals surface area contributed by atoms with Gasteiger partial charge >= 0.3 is 5.97 Å². The summed E-state index contributed by atoms with van der Waals surface area (Å²) in [5.41, 5.74) is 4.88. The van der Waals surface area contributed by atoms with E-state index < -0.39 is 5.97 Å². The standard InChI is InChI=1S/C23H22NO3PS/c1-15-14-24(18-9-4-3-5-10-18)20-13-21(27-2)19(12-22(20)29-28-15)16-7-6-8-17(11-16)23(25)26/h3-13,15,28H,14H2,1-2H3,(H,25,26). The molecule has 29 heavy (non-hydrogen) atoms. The number of ether oxygens (including phenoxy) is 1. The number of hydrogen-bond donors (Lipinski definition) is 1. The second-order valence-corrected chi connectivity index (χ2v) is 10.2. The lowest BCUT2D eigenvalue weighted by Gasteiger charge is -2.27. The third kappa shape index (κ3) is 4.12. The molecule has 0 saturated carbocycles.